The van der Waals surface area contributed by atoms with E-state index >= 15 is 0 Å². The SMILES string of the molecule is CCCc1ccc(-c2cnc(N)n2C)cc1. The standard InChI is InChI=1S/C13H17N3/c1-3-4-10-5-7-11(8-6-10)12-9-15-13(14)16(12)2/h5-9H,3-4H2,1-2H3,(H2,14,15). The van der Waals surface area contributed by atoms with Gasteiger partial charge in [-0.05, 0) is 17.5 Å². The third kappa shape index (κ3) is 1.94. The van der Waals surface area contributed by atoms with Crippen LogP contribution in [0.3, 0.4) is 0 Å². The quantitative estimate of drug-likeness (QED) is 0.855. The first-order valence-electron chi connectivity index (χ1n) is 5.59. The van der Waals surface area contributed by atoms with Gasteiger partial charge in [0.05, 0.1) is 11.9 Å². The molecule has 3 nitrogen and oxygen atoms in total. The molecule has 0 spiro atoms. The van der Waals surface area contributed by atoms with Crippen molar-refractivity contribution >= 4 is 5.95 Å². The zero-order valence-electron chi connectivity index (χ0n) is 9.77. The van der Waals surface area contributed by atoms with Crippen LogP contribution in [0.2, 0.25) is 0 Å². The normalized spacial score (nSPS) is 10.6. The summed E-state index contributed by atoms with van der Waals surface area (Å²) in [6.07, 6.45) is 4.12. The Morgan fingerprint density at radius 3 is 2.44 bits per heavy atom. The minimum Gasteiger partial charge on any atom is -0.369 e. The van der Waals surface area contributed by atoms with Gasteiger partial charge in [0.1, 0.15) is 0 Å². The van der Waals surface area contributed by atoms with Crippen molar-refractivity contribution in [3.63, 3.8) is 0 Å². The molecule has 0 aliphatic heterocycles. The molecule has 1 heterocycles. The number of hydrogen-bond acceptors (Lipinski definition) is 2. The molecule has 0 saturated carbocycles. The van der Waals surface area contributed by atoms with Crippen molar-refractivity contribution in [1.82, 2.24) is 9.55 Å². The van der Waals surface area contributed by atoms with Crippen LogP contribution in [0.4, 0.5) is 5.95 Å². The number of nitrogens with zero attached hydrogens (tertiary/aromatic N) is 2. The molecule has 2 aromatic rings. The molecule has 3 heteroatoms. The Morgan fingerprint density at radius 2 is 1.94 bits per heavy atom. The summed E-state index contributed by atoms with van der Waals surface area (Å²) in [4.78, 5) is 4.09. The van der Waals surface area contributed by atoms with Crippen molar-refractivity contribution in [3.05, 3.63) is 36.0 Å². The van der Waals surface area contributed by atoms with Crippen LogP contribution in [0, 0.1) is 0 Å². The summed E-state index contributed by atoms with van der Waals surface area (Å²) in [6, 6.07) is 8.59. The number of benzene rings is 1. The molecule has 1 aromatic heterocycles. The van der Waals surface area contributed by atoms with Crippen LogP contribution in [0.1, 0.15) is 18.9 Å². The van der Waals surface area contributed by atoms with Gasteiger partial charge in [-0.2, -0.15) is 0 Å². The summed E-state index contributed by atoms with van der Waals surface area (Å²) in [7, 11) is 1.93. The maximum atomic E-state index is 5.71. The lowest BCUT2D eigenvalue weighted by molar-refractivity contribution is 0.920. The van der Waals surface area contributed by atoms with Crippen molar-refractivity contribution in [1.29, 1.82) is 0 Å². The van der Waals surface area contributed by atoms with Gasteiger partial charge >= 0.3 is 0 Å². The third-order valence-electron chi connectivity index (χ3n) is 2.81. The molecule has 84 valence electrons. The van der Waals surface area contributed by atoms with Crippen LogP contribution in [-0.2, 0) is 13.5 Å². The summed E-state index contributed by atoms with van der Waals surface area (Å²) >= 11 is 0. The number of imidazole rings is 1. The summed E-state index contributed by atoms with van der Waals surface area (Å²) < 4.78 is 1.90. The number of aryl methyl sites for hydroxylation is 1. The average Bonchev–Trinajstić information content (AvgIpc) is 2.62. The molecule has 2 N–H and O–H groups in total. The van der Waals surface area contributed by atoms with Gasteiger partial charge in [0, 0.05) is 7.05 Å². The van der Waals surface area contributed by atoms with E-state index in [9.17, 15) is 0 Å². The predicted molar refractivity (Wildman–Crippen MR) is 67.1 cm³/mol. The second-order valence-corrected chi connectivity index (χ2v) is 4.01. The van der Waals surface area contributed by atoms with E-state index in [4.69, 9.17) is 5.73 Å². The number of rotatable bonds is 3. The van der Waals surface area contributed by atoms with E-state index in [1.807, 2.05) is 17.8 Å². The fraction of sp³-hybridized carbons (Fsp3) is 0.308. The van der Waals surface area contributed by atoms with E-state index in [1.165, 1.54) is 12.0 Å². The second-order valence-electron chi connectivity index (χ2n) is 4.01. The van der Waals surface area contributed by atoms with Crippen molar-refractivity contribution in [2.75, 3.05) is 5.73 Å². The van der Waals surface area contributed by atoms with Gasteiger partial charge < -0.3 is 10.3 Å². The van der Waals surface area contributed by atoms with Gasteiger partial charge in [-0.1, -0.05) is 37.6 Å². The molecular weight excluding hydrogens is 198 g/mol. The molecule has 0 radical (unpaired) electrons. The van der Waals surface area contributed by atoms with Gasteiger partial charge in [0.2, 0.25) is 0 Å². The van der Waals surface area contributed by atoms with Crippen molar-refractivity contribution in [3.8, 4) is 11.3 Å². The highest BCUT2D eigenvalue weighted by Crippen LogP contribution is 2.21. The molecular formula is C13H17N3. The molecule has 0 saturated heterocycles. The summed E-state index contributed by atoms with van der Waals surface area (Å²) in [5.41, 5.74) is 9.30. The Kier molecular flexibility index (Phi) is 2.95. The van der Waals surface area contributed by atoms with E-state index in [0.717, 1.165) is 17.7 Å². The zero-order valence-corrected chi connectivity index (χ0v) is 9.77. The minimum atomic E-state index is 0.549. The van der Waals surface area contributed by atoms with E-state index in [-0.39, 0.29) is 0 Å². The highest BCUT2D eigenvalue weighted by Gasteiger charge is 2.05. The Labute approximate surface area is 95.9 Å². The minimum absolute atomic E-state index is 0.549. The highest BCUT2D eigenvalue weighted by molar-refractivity contribution is 5.61. The van der Waals surface area contributed by atoms with E-state index in [0.29, 0.717) is 5.95 Å². The summed E-state index contributed by atoms with van der Waals surface area (Å²) in [5.74, 6) is 0.549. The Hall–Kier alpha value is -1.77. The van der Waals surface area contributed by atoms with Gasteiger partial charge in [-0.25, -0.2) is 4.98 Å². The smallest absolute Gasteiger partial charge is 0.200 e. The van der Waals surface area contributed by atoms with Crippen LogP contribution < -0.4 is 5.73 Å². The van der Waals surface area contributed by atoms with E-state index in [2.05, 4.69) is 36.2 Å². The third-order valence-corrected chi connectivity index (χ3v) is 2.81. The highest BCUT2D eigenvalue weighted by atomic mass is 15.1. The second kappa shape index (κ2) is 4.39. The molecule has 2 rings (SSSR count). The Bertz CT molecular complexity index is 468. The molecule has 0 fully saturated rings. The van der Waals surface area contributed by atoms with Gasteiger partial charge in [-0.15, -0.1) is 0 Å². The number of anilines is 1. The maximum absolute atomic E-state index is 5.71. The van der Waals surface area contributed by atoms with Crippen LogP contribution in [0.25, 0.3) is 11.3 Å². The first-order chi connectivity index (χ1) is 7.72. The van der Waals surface area contributed by atoms with E-state index < -0.39 is 0 Å². The Balaban J connectivity index is 2.31. The van der Waals surface area contributed by atoms with Crippen molar-refractivity contribution in [2.24, 2.45) is 7.05 Å². The van der Waals surface area contributed by atoms with Crippen molar-refractivity contribution < 1.29 is 0 Å². The maximum Gasteiger partial charge on any atom is 0.200 e. The van der Waals surface area contributed by atoms with Crippen LogP contribution in [0.15, 0.2) is 30.5 Å². The lowest BCUT2D eigenvalue weighted by Crippen LogP contribution is -1.98. The van der Waals surface area contributed by atoms with E-state index in [1.54, 1.807) is 0 Å². The van der Waals surface area contributed by atoms with Gasteiger partial charge in [0.15, 0.2) is 5.95 Å². The fourth-order valence-corrected chi connectivity index (χ4v) is 1.82. The zero-order chi connectivity index (χ0) is 11.5. The first-order valence-corrected chi connectivity index (χ1v) is 5.59. The molecule has 0 aliphatic carbocycles. The number of nitrogens with two attached hydrogens (primary N) is 1. The molecule has 16 heavy (non-hydrogen) atoms. The Morgan fingerprint density at radius 1 is 1.25 bits per heavy atom. The number of nitrogen functional groups attached to an aromatic ring is 1. The van der Waals surface area contributed by atoms with Crippen molar-refractivity contribution in [2.45, 2.75) is 19.8 Å². The molecule has 1 aromatic carbocycles. The lowest BCUT2D eigenvalue weighted by Gasteiger charge is -2.04. The fourth-order valence-electron chi connectivity index (χ4n) is 1.82. The summed E-state index contributed by atoms with van der Waals surface area (Å²) in [6.45, 7) is 2.19. The van der Waals surface area contributed by atoms with Crippen LogP contribution in [0.5, 0.6) is 0 Å². The molecule has 0 amide bonds. The summed E-state index contributed by atoms with van der Waals surface area (Å²) in [5, 5.41) is 0. The molecule has 0 aliphatic rings. The molecule has 0 bridgehead atoms. The number of aromatic nitrogens is 2. The lowest BCUT2D eigenvalue weighted by atomic mass is 10.1. The topological polar surface area (TPSA) is 43.8 Å². The van der Waals surface area contributed by atoms with Crippen LogP contribution >= 0.6 is 0 Å². The van der Waals surface area contributed by atoms with Crippen LogP contribution in [-0.4, -0.2) is 9.55 Å². The first kappa shape index (κ1) is 10.7. The van der Waals surface area contributed by atoms with Gasteiger partial charge in [-0.3, -0.25) is 0 Å². The molecule has 0 unspecified atom stereocenters. The molecule has 0 atom stereocenters. The largest absolute Gasteiger partial charge is 0.369 e. The predicted octanol–water partition coefficient (Wildman–Crippen LogP) is 2.62. The van der Waals surface area contributed by atoms with Gasteiger partial charge in [0.25, 0.3) is 0 Å². The monoisotopic (exact) mass is 215 g/mol. The number of hydrogen-bond donors (Lipinski definition) is 1. The average molecular weight is 215 g/mol.